The zero-order chi connectivity index (χ0) is 31.6. The van der Waals surface area contributed by atoms with Crippen molar-refractivity contribution in [3.05, 3.63) is 60.5 Å². The highest BCUT2D eigenvalue weighted by atomic mass is 19.1. The molecule has 1 heterocycles. The van der Waals surface area contributed by atoms with Gasteiger partial charge in [-0.2, -0.15) is 0 Å². The number of ether oxygens (including phenoxy) is 1. The van der Waals surface area contributed by atoms with Crippen LogP contribution in [0.1, 0.15) is 91.0 Å². The third-order valence-corrected chi connectivity index (χ3v) is 8.70. The van der Waals surface area contributed by atoms with E-state index in [-0.39, 0.29) is 36.5 Å². The average molecular weight is 602 g/mol. The van der Waals surface area contributed by atoms with E-state index in [0.717, 1.165) is 83.0 Å². The van der Waals surface area contributed by atoms with Gasteiger partial charge in [-0.3, -0.25) is 4.79 Å². The molecule has 0 aromatic heterocycles. The molecule has 0 spiro atoms. The first-order valence-electron chi connectivity index (χ1n) is 16.4. The number of amides is 1. The summed E-state index contributed by atoms with van der Waals surface area (Å²) in [4.78, 5) is 29.2. The molecule has 242 valence electrons. The van der Waals surface area contributed by atoms with Gasteiger partial charge in [-0.1, -0.05) is 70.6 Å². The largest absolute Gasteiger partial charge is 0.480 e. The van der Waals surface area contributed by atoms with Crippen LogP contribution in [0.4, 0.5) is 9.18 Å². The number of carboxylic acid groups (broad SMARTS) is 1. The molecule has 1 saturated heterocycles. The van der Waals surface area contributed by atoms with Crippen LogP contribution in [-0.2, 0) is 16.1 Å². The van der Waals surface area contributed by atoms with E-state index in [1.807, 2.05) is 24.0 Å². The first kappa shape index (κ1) is 36.5. The molecular formula is C35H56FN3O4. The first-order valence-corrected chi connectivity index (χ1v) is 16.4. The molecule has 2 N–H and O–H groups in total. The predicted molar refractivity (Wildman–Crippen MR) is 172 cm³/mol. The van der Waals surface area contributed by atoms with E-state index in [1.54, 1.807) is 18.2 Å². The minimum absolute atomic E-state index is 0.148. The summed E-state index contributed by atoms with van der Waals surface area (Å²) in [5.74, 6) is -0.254. The highest BCUT2D eigenvalue weighted by Gasteiger charge is 2.34. The van der Waals surface area contributed by atoms with Crippen molar-refractivity contribution in [2.24, 2.45) is 11.8 Å². The van der Waals surface area contributed by atoms with Crippen LogP contribution < -0.4 is 5.32 Å². The number of hydrogen-bond donors (Lipinski definition) is 2. The second kappa shape index (κ2) is 20.3. The monoisotopic (exact) mass is 601 g/mol. The fourth-order valence-corrected chi connectivity index (χ4v) is 6.42. The van der Waals surface area contributed by atoms with Crippen molar-refractivity contribution in [1.29, 1.82) is 0 Å². The number of nitrogens with one attached hydrogen (secondary N) is 1. The summed E-state index contributed by atoms with van der Waals surface area (Å²) in [6.45, 7) is 15.5. The molecule has 43 heavy (non-hydrogen) atoms. The van der Waals surface area contributed by atoms with Crippen LogP contribution >= 0.6 is 0 Å². The van der Waals surface area contributed by atoms with Gasteiger partial charge in [0.25, 0.3) is 0 Å². The minimum Gasteiger partial charge on any atom is -0.480 e. The Labute approximate surface area is 259 Å². The molecule has 1 aliphatic heterocycles. The van der Waals surface area contributed by atoms with Crippen LogP contribution in [0.3, 0.4) is 0 Å². The molecule has 0 bridgehead atoms. The Morgan fingerprint density at radius 3 is 2.37 bits per heavy atom. The molecule has 8 heteroatoms. The van der Waals surface area contributed by atoms with Crippen molar-refractivity contribution in [2.75, 3.05) is 26.2 Å². The number of aliphatic carboxylic acids is 1. The van der Waals surface area contributed by atoms with E-state index in [1.165, 1.54) is 12.1 Å². The molecule has 2 aliphatic rings. The Hall–Kier alpha value is -2.71. The van der Waals surface area contributed by atoms with Gasteiger partial charge in [0.15, 0.2) is 0 Å². The normalized spacial score (nSPS) is 20.7. The zero-order valence-electron chi connectivity index (χ0n) is 27.0. The number of carboxylic acids is 1. The molecule has 0 radical (unpaired) electrons. The Morgan fingerprint density at radius 1 is 1.14 bits per heavy atom. The lowest BCUT2D eigenvalue weighted by atomic mass is 9.91. The van der Waals surface area contributed by atoms with Crippen molar-refractivity contribution < 1.29 is 23.8 Å². The SMILES string of the molecule is C=C/C=C\C.CCCC(CC)C(NC1CC[C@@H](CN2CCC(N(CCC)C(=O)OCc3ccc(F)cc3)CC2)C1)C(=O)O. The molecule has 1 saturated carbocycles. The van der Waals surface area contributed by atoms with Gasteiger partial charge < -0.3 is 25.0 Å². The van der Waals surface area contributed by atoms with E-state index in [0.29, 0.717) is 12.5 Å². The molecule has 3 rings (SSSR count). The average Bonchev–Trinajstić information content (AvgIpc) is 3.45. The van der Waals surface area contributed by atoms with E-state index < -0.39 is 12.0 Å². The third-order valence-electron chi connectivity index (χ3n) is 8.70. The van der Waals surface area contributed by atoms with Crippen LogP contribution in [0, 0.1) is 17.7 Å². The number of allylic oxidation sites excluding steroid dienone is 3. The number of piperidine rings is 1. The van der Waals surface area contributed by atoms with E-state index in [9.17, 15) is 19.1 Å². The van der Waals surface area contributed by atoms with Crippen LogP contribution in [0.5, 0.6) is 0 Å². The highest BCUT2D eigenvalue weighted by molar-refractivity contribution is 5.74. The van der Waals surface area contributed by atoms with Crippen molar-refractivity contribution in [1.82, 2.24) is 15.1 Å². The van der Waals surface area contributed by atoms with Gasteiger partial charge in [0.2, 0.25) is 0 Å². The summed E-state index contributed by atoms with van der Waals surface area (Å²) in [5, 5.41) is 13.3. The van der Waals surface area contributed by atoms with Gasteiger partial charge in [0.05, 0.1) is 0 Å². The molecule has 1 aromatic rings. The Kier molecular flexibility index (Phi) is 17.2. The van der Waals surface area contributed by atoms with E-state index in [4.69, 9.17) is 4.74 Å². The number of carbonyl (C=O) groups is 2. The van der Waals surface area contributed by atoms with Crippen LogP contribution in [0.25, 0.3) is 0 Å². The molecule has 1 aliphatic carbocycles. The first-order chi connectivity index (χ1) is 20.8. The van der Waals surface area contributed by atoms with Crippen LogP contribution in [0.15, 0.2) is 49.1 Å². The lowest BCUT2D eigenvalue weighted by Gasteiger charge is -2.38. The maximum absolute atomic E-state index is 13.1. The minimum atomic E-state index is -0.719. The quantitative estimate of drug-likeness (QED) is 0.204. The van der Waals surface area contributed by atoms with Gasteiger partial charge in [0.1, 0.15) is 18.5 Å². The van der Waals surface area contributed by atoms with Crippen molar-refractivity contribution in [3.63, 3.8) is 0 Å². The highest BCUT2D eigenvalue weighted by Crippen LogP contribution is 2.30. The van der Waals surface area contributed by atoms with E-state index in [2.05, 4.69) is 37.6 Å². The van der Waals surface area contributed by atoms with Gasteiger partial charge in [0, 0.05) is 38.3 Å². The van der Waals surface area contributed by atoms with Crippen molar-refractivity contribution in [3.8, 4) is 0 Å². The zero-order valence-corrected chi connectivity index (χ0v) is 27.0. The standard InChI is InChI=1S/C30H48FN3O4.C5H8/c1-4-7-24(6-3)28(29(35)36)32-26-13-10-23(19-26)20-33-17-14-27(15-18-33)34(16-5-2)30(37)38-21-22-8-11-25(31)12-9-22;1-3-5-4-2/h8-9,11-12,23-24,26-28,32H,4-7,10,13-21H2,1-3H3,(H,35,36);3-5H,1H2,2H3/b;5-4-/t23-,24?,26?,28?;/m1./s1. The third kappa shape index (κ3) is 12.8. The van der Waals surface area contributed by atoms with Crippen LogP contribution in [0.2, 0.25) is 0 Å². The summed E-state index contributed by atoms with van der Waals surface area (Å²) < 4.78 is 18.7. The summed E-state index contributed by atoms with van der Waals surface area (Å²) in [5.41, 5.74) is 0.778. The maximum Gasteiger partial charge on any atom is 0.410 e. The van der Waals surface area contributed by atoms with Gasteiger partial charge in [-0.25, -0.2) is 9.18 Å². The van der Waals surface area contributed by atoms with Gasteiger partial charge in [-0.05, 0) is 81.4 Å². The molecule has 7 nitrogen and oxygen atoms in total. The predicted octanol–water partition coefficient (Wildman–Crippen LogP) is 7.43. The second-order valence-corrected chi connectivity index (χ2v) is 12.0. The fraction of sp³-hybridized carbons (Fsp3) is 0.657. The molecule has 1 aromatic carbocycles. The number of carbonyl (C=O) groups excluding carboxylic acids is 1. The lowest BCUT2D eigenvalue weighted by Crippen LogP contribution is -2.49. The van der Waals surface area contributed by atoms with Crippen LogP contribution in [-0.4, -0.2) is 71.3 Å². The molecular weight excluding hydrogens is 545 g/mol. The number of hydrogen-bond acceptors (Lipinski definition) is 5. The summed E-state index contributed by atoms with van der Waals surface area (Å²) in [6, 6.07) is 6.04. The summed E-state index contributed by atoms with van der Waals surface area (Å²) in [6.07, 6.45) is 14.1. The Morgan fingerprint density at radius 2 is 1.84 bits per heavy atom. The topological polar surface area (TPSA) is 82.1 Å². The number of rotatable bonds is 15. The molecule has 2 fully saturated rings. The van der Waals surface area contributed by atoms with Crippen molar-refractivity contribution >= 4 is 12.1 Å². The number of likely N-dealkylation sites (tertiary alicyclic amines) is 1. The number of halogens is 1. The molecule has 3 unspecified atom stereocenters. The van der Waals surface area contributed by atoms with Crippen molar-refractivity contribution in [2.45, 2.75) is 110 Å². The maximum atomic E-state index is 13.1. The Bertz CT molecular complexity index is 978. The van der Waals surface area contributed by atoms with E-state index >= 15 is 0 Å². The summed E-state index contributed by atoms with van der Waals surface area (Å²) >= 11 is 0. The molecule has 4 atom stereocenters. The lowest BCUT2D eigenvalue weighted by molar-refractivity contribution is -0.141. The summed E-state index contributed by atoms with van der Waals surface area (Å²) in [7, 11) is 0. The molecule has 1 amide bonds. The Balaban J connectivity index is 0.00000119. The fourth-order valence-electron chi connectivity index (χ4n) is 6.42. The second-order valence-electron chi connectivity index (χ2n) is 12.0. The van der Waals surface area contributed by atoms with Gasteiger partial charge in [-0.15, -0.1) is 0 Å². The smallest absolute Gasteiger partial charge is 0.410 e. The van der Waals surface area contributed by atoms with Gasteiger partial charge >= 0.3 is 12.1 Å². The number of nitrogens with zero attached hydrogens (tertiary/aromatic N) is 2. The number of benzene rings is 1.